The van der Waals surface area contributed by atoms with Gasteiger partial charge in [-0.05, 0) is 28.4 Å². The summed E-state index contributed by atoms with van der Waals surface area (Å²) in [6.45, 7) is 0.412. The van der Waals surface area contributed by atoms with Crippen molar-refractivity contribution in [2.75, 3.05) is 11.9 Å². The number of alkyl halides is 2. The molecule has 2 aliphatic rings. The van der Waals surface area contributed by atoms with Crippen LogP contribution in [0.3, 0.4) is 0 Å². The summed E-state index contributed by atoms with van der Waals surface area (Å²) in [5.41, 5.74) is 0.541. The average molecular weight is 460 g/mol. The van der Waals surface area contributed by atoms with Gasteiger partial charge in [0.2, 0.25) is 0 Å². The Morgan fingerprint density at radius 1 is 1.39 bits per heavy atom. The molecule has 1 unspecified atom stereocenters. The van der Waals surface area contributed by atoms with Gasteiger partial charge in [0, 0.05) is 37.7 Å². The molecule has 28 heavy (non-hydrogen) atoms. The largest absolute Gasteiger partial charge is 0.393 e. The maximum absolute atomic E-state index is 14.7. The predicted molar refractivity (Wildman–Crippen MR) is 96.4 cm³/mol. The molecule has 0 saturated carbocycles. The fourth-order valence-corrected chi connectivity index (χ4v) is 3.98. The molecule has 2 aromatic rings. The molecule has 0 radical (unpaired) electrons. The molecule has 2 aliphatic heterocycles. The Morgan fingerprint density at radius 2 is 2.18 bits per heavy atom. The highest BCUT2D eigenvalue weighted by molar-refractivity contribution is 9.10. The van der Waals surface area contributed by atoms with Crippen molar-refractivity contribution in [3.05, 3.63) is 39.6 Å². The van der Waals surface area contributed by atoms with Crippen LogP contribution in [0.4, 0.5) is 23.7 Å². The molecular formula is C17H17BrF3N5O2. The third-order valence-electron chi connectivity index (χ3n) is 4.99. The number of anilines is 1. The molecule has 2 amide bonds. The van der Waals surface area contributed by atoms with Gasteiger partial charge < -0.3 is 15.3 Å². The fourth-order valence-electron chi connectivity index (χ4n) is 3.65. The number of aromatic nitrogens is 3. The van der Waals surface area contributed by atoms with Gasteiger partial charge in [0.05, 0.1) is 24.0 Å². The van der Waals surface area contributed by atoms with E-state index in [0.29, 0.717) is 17.7 Å². The van der Waals surface area contributed by atoms with E-state index in [1.165, 1.54) is 21.8 Å². The highest BCUT2D eigenvalue weighted by Crippen LogP contribution is 2.40. The number of aliphatic hydroxyl groups is 1. The molecule has 0 aliphatic carbocycles. The fraction of sp³-hybridized carbons (Fsp3) is 0.471. The van der Waals surface area contributed by atoms with E-state index < -0.39 is 30.3 Å². The molecule has 4 heterocycles. The smallest absolute Gasteiger partial charge is 0.322 e. The molecule has 0 aromatic carbocycles. The molecule has 0 fully saturated rings. The Balaban J connectivity index is 1.59. The number of carbonyl (C=O) groups is 1. The zero-order chi connectivity index (χ0) is 20.1. The van der Waals surface area contributed by atoms with Gasteiger partial charge >= 0.3 is 6.03 Å². The first kappa shape index (κ1) is 19.2. The molecule has 2 aromatic heterocycles. The predicted octanol–water partition coefficient (Wildman–Crippen LogP) is 3.02. The van der Waals surface area contributed by atoms with Gasteiger partial charge in [-0.1, -0.05) is 0 Å². The maximum Gasteiger partial charge on any atom is 0.322 e. The van der Waals surface area contributed by atoms with Crippen molar-refractivity contribution in [1.82, 2.24) is 19.7 Å². The normalized spacial score (nSPS) is 20.9. The summed E-state index contributed by atoms with van der Waals surface area (Å²) in [5, 5.41) is 16.5. The number of rotatable bonds is 1. The van der Waals surface area contributed by atoms with Gasteiger partial charge in [-0.2, -0.15) is 13.9 Å². The van der Waals surface area contributed by atoms with Crippen molar-refractivity contribution in [3.63, 3.8) is 0 Å². The minimum Gasteiger partial charge on any atom is -0.393 e. The number of carbonyl (C=O) groups excluding carboxylic acids is 1. The summed E-state index contributed by atoms with van der Waals surface area (Å²) < 4.78 is 44.7. The number of aliphatic hydroxyl groups excluding tert-OH is 1. The van der Waals surface area contributed by atoms with Crippen LogP contribution in [0.1, 0.15) is 29.8 Å². The summed E-state index contributed by atoms with van der Waals surface area (Å²) in [7, 11) is 0. The number of pyridine rings is 1. The van der Waals surface area contributed by atoms with Gasteiger partial charge in [0.15, 0.2) is 5.82 Å². The number of hydrogen-bond donors (Lipinski definition) is 2. The highest BCUT2D eigenvalue weighted by atomic mass is 79.9. The second kappa shape index (κ2) is 7.03. The monoisotopic (exact) mass is 459 g/mol. The Labute approximate surface area is 166 Å². The zero-order valence-corrected chi connectivity index (χ0v) is 16.2. The van der Waals surface area contributed by atoms with Gasteiger partial charge in [0.25, 0.3) is 5.92 Å². The lowest BCUT2D eigenvalue weighted by Gasteiger charge is -2.28. The van der Waals surface area contributed by atoms with E-state index in [1.807, 2.05) is 0 Å². The van der Waals surface area contributed by atoms with Crippen LogP contribution >= 0.6 is 15.9 Å². The van der Waals surface area contributed by atoms with Crippen molar-refractivity contribution in [3.8, 4) is 0 Å². The van der Waals surface area contributed by atoms with Crippen molar-refractivity contribution in [2.45, 2.75) is 44.4 Å². The molecule has 150 valence electrons. The Bertz CT molecular complexity index is 936. The first-order chi connectivity index (χ1) is 13.3. The topological polar surface area (TPSA) is 83.3 Å². The van der Waals surface area contributed by atoms with Crippen LogP contribution in [0.5, 0.6) is 0 Å². The number of fused-ring (bicyclic) bond motifs is 3. The van der Waals surface area contributed by atoms with Crippen molar-refractivity contribution in [1.29, 1.82) is 0 Å². The molecule has 7 nitrogen and oxygen atoms in total. The maximum atomic E-state index is 14.7. The van der Waals surface area contributed by atoms with E-state index in [4.69, 9.17) is 0 Å². The minimum atomic E-state index is -3.24. The summed E-state index contributed by atoms with van der Waals surface area (Å²) in [6, 6.07) is 0.717. The standard InChI is InChI=1S/C17H17BrF3N5O2/c18-15-13(19)12(1-4-22-15)23-16(28)25-5-3-11-10(8-25)14-17(20,21)7-9(27)2-6-26(14)24-11/h1,4,9,27H,2-3,5-8H2,(H,22,23,28). The van der Waals surface area contributed by atoms with Crippen LogP contribution in [0, 0.1) is 5.82 Å². The van der Waals surface area contributed by atoms with Gasteiger partial charge in [-0.15, -0.1) is 0 Å². The molecular weight excluding hydrogens is 443 g/mol. The average Bonchev–Trinajstić information content (AvgIpc) is 2.96. The Morgan fingerprint density at radius 3 is 2.96 bits per heavy atom. The summed E-state index contributed by atoms with van der Waals surface area (Å²) in [4.78, 5) is 17.6. The van der Waals surface area contributed by atoms with E-state index in [2.05, 4.69) is 31.3 Å². The lowest BCUT2D eigenvalue weighted by atomic mass is 9.99. The second-order valence-electron chi connectivity index (χ2n) is 6.91. The quantitative estimate of drug-likeness (QED) is 0.642. The number of nitrogens with zero attached hydrogens (tertiary/aromatic N) is 4. The summed E-state index contributed by atoms with van der Waals surface area (Å²) in [5.74, 6) is -3.95. The van der Waals surface area contributed by atoms with E-state index in [1.54, 1.807) is 0 Å². The zero-order valence-electron chi connectivity index (χ0n) is 14.6. The van der Waals surface area contributed by atoms with Crippen LogP contribution in [0.15, 0.2) is 16.9 Å². The number of nitrogens with one attached hydrogen (secondary N) is 1. The first-order valence-electron chi connectivity index (χ1n) is 8.77. The number of urea groups is 1. The van der Waals surface area contributed by atoms with Crippen molar-refractivity contribution < 1.29 is 23.1 Å². The Kier molecular flexibility index (Phi) is 4.82. The molecule has 2 N–H and O–H groups in total. The lowest BCUT2D eigenvalue weighted by Crippen LogP contribution is -2.39. The SMILES string of the molecule is O=C(Nc1ccnc(Br)c1F)N1CCc2nn3c(c2C1)C(F)(F)CC(O)CC3. The van der Waals surface area contributed by atoms with Gasteiger partial charge in [-0.25, -0.2) is 14.2 Å². The number of hydrogen-bond acceptors (Lipinski definition) is 4. The minimum absolute atomic E-state index is 0.0358. The van der Waals surface area contributed by atoms with E-state index in [9.17, 15) is 23.1 Å². The van der Waals surface area contributed by atoms with E-state index in [0.717, 1.165) is 0 Å². The molecule has 0 spiro atoms. The van der Waals surface area contributed by atoms with Crippen LogP contribution < -0.4 is 5.32 Å². The van der Waals surface area contributed by atoms with Crippen molar-refractivity contribution in [2.24, 2.45) is 0 Å². The number of aryl methyl sites for hydroxylation is 1. The molecule has 4 rings (SSSR count). The Hall–Kier alpha value is -2.14. The third kappa shape index (κ3) is 3.37. The molecule has 1 atom stereocenters. The lowest BCUT2D eigenvalue weighted by molar-refractivity contribution is -0.0507. The van der Waals surface area contributed by atoms with E-state index in [-0.39, 0.29) is 42.0 Å². The molecule has 0 bridgehead atoms. The summed E-state index contributed by atoms with van der Waals surface area (Å²) in [6.07, 6.45) is 0.0743. The van der Waals surface area contributed by atoms with Crippen LogP contribution in [-0.4, -0.2) is 43.5 Å². The van der Waals surface area contributed by atoms with Crippen LogP contribution in [0.25, 0.3) is 0 Å². The summed E-state index contributed by atoms with van der Waals surface area (Å²) >= 11 is 2.95. The number of halogens is 4. The number of amides is 2. The molecule has 0 saturated heterocycles. The van der Waals surface area contributed by atoms with Crippen LogP contribution in [-0.2, 0) is 25.4 Å². The van der Waals surface area contributed by atoms with Gasteiger partial charge in [0.1, 0.15) is 10.3 Å². The third-order valence-corrected chi connectivity index (χ3v) is 5.54. The van der Waals surface area contributed by atoms with Gasteiger partial charge in [-0.3, -0.25) is 4.68 Å². The first-order valence-corrected chi connectivity index (χ1v) is 9.56. The van der Waals surface area contributed by atoms with Crippen LogP contribution in [0.2, 0.25) is 0 Å². The highest BCUT2D eigenvalue weighted by Gasteiger charge is 2.44. The molecule has 11 heteroatoms. The second-order valence-corrected chi connectivity index (χ2v) is 7.66. The van der Waals surface area contributed by atoms with E-state index >= 15 is 0 Å². The van der Waals surface area contributed by atoms with Crippen molar-refractivity contribution >= 4 is 27.6 Å².